The van der Waals surface area contributed by atoms with E-state index >= 15 is 0 Å². The maximum atomic E-state index is 10.2. The van der Waals surface area contributed by atoms with E-state index in [2.05, 4.69) is 10.2 Å². The number of hydrogen-bond acceptors (Lipinski definition) is 4. The molecule has 1 aromatic rings. The van der Waals surface area contributed by atoms with Gasteiger partial charge in [-0.25, -0.2) is 0 Å². The van der Waals surface area contributed by atoms with Crippen LogP contribution in [0, 0.1) is 5.92 Å². The summed E-state index contributed by atoms with van der Waals surface area (Å²) in [7, 11) is 1.60. The SMILES string of the molecule is COc1cccc(CN2CCC(C3CCCN3)CC2)c1O. The van der Waals surface area contributed by atoms with Crippen molar-refractivity contribution >= 4 is 0 Å². The normalized spacial score (nSPS) is 24.3. The number of hydrogen-bond donors (Lipinski definition) is 2. The Labute approximate surface area is 127 Å². The van der Waals surface area contributed by atoms with Gasteiger partial charge in [-0.2, -0.15) is 0 Å². The lowest BCUT2D eigenvalue weighted by Crippen LogP contribution is -2.40. The van der Waals surface area contributed by atoms with Crippen LogP contribution in [0.5, 0.6) is 11.5 Å². The number of ether oxygens (including phenoxy) is 1. The van der Waals surface area contributed by atoms with Gasteiger partial charge in [-0.1, -0.05) is 12.1 Å². The minimum atomic E-state index is 0.291. The molecular formula is C17H26N2O2. The highest BCUT2D eigenvalue weighted by atomic mass is 16.5. The summed E-state index contributed by atoms with van der Waals surface area (Å²) in [5.74, 6) is 1.69. The fourth-order valence-corrected chi connectivity index (χ4v) is 3.73. The van der Waals surface area contributed by atoms with E-state index in [0.29, 0.717) is 11.5 Å². The number of benzene rings is 1. The summed E-state index contributed by atoms with van der Waals surface area (Å²) < 4.78 is 5.18. The van der Waals surface area contributed by atoms with Crippen LogP contribution >= 0.6 is 0 Å². The fourth-order valence-electron chi connectivity index (χ4n) is 3.73. The number of phenols is 1. The van der Waals surface area contributed by atoms with Crippen LogP contribution in [0.1, 0.15) is 31.2 Å². The quantitative estimate of drug-likeness (QED) is 0.893. The van der Waals surface area contributed by atoms with Gasteiger partial charge in [0.2, 0.25) is 0 Å². The van der Waals surface area contributed by atoms with Crippen molar-refractivity contribution < 1.29 is 9.84 Å². The van der Waals surface area contributed by atoms with Gasteiger partial charge in [-0.3, -0.25) is 4.90 Å². The highest BCUT2D eigenvalue weighted by molar-refractivity contribution is 5.45. The zero-order chi connectivity index (χ0) is 14.7. The molecule has 1 atom stereocenters. The number of para-hydroxylation sites is 1. The van der Waals surface area contributed by atoms with Crippen LogP contribution in [-0.2, 0) is 6.54 Å². The summed E-state index contributed by atoms with van der Waals surface area (Å²) in [6.07, 6.45) is 5.22. The molecule has 0 bridgehead atoms. The maximum absolute atomic E-state index is 10.2. The molecule has 4 nitrogen and oxygen atoms in total. The van der Waals surface area contributed by atoms with Crippen LogP contribution in [0.25, 0.3) is 0 Å². The van der Waals surface area contributed by atoms with Crippen LogP contribution in [0.3, 0.4) is 0 Å². The predicted molar refractivity (Wildman–Crippen MR) is 83.7 cm³/mol. The van der Waals surface area contributed by atoms with Crippen LogP contribution < -0.4 is 10.1 Å². The van der Waals surface area contributed by atoms with E-state index in [9.17, 15) is 5.11 Å². The van der Waals surface area contributed by atoms with Crippen LogP contribution in [0.4, 0.5) is 0 Å². The standard InChI is InChI=1S/C17H26N2O2/c1-21-16-6-2-4-14(17(16)20)12-19-10-7-13(8-11-19)15-5-3-9-18-15/h2,4,6,13,15,18,20H,3,5,7-12H2,1H3. The van der Waals surface area contributed by atoms with Crippen molar-refractivity contribution in [2.75, 3.05) is 26.7 Å². The maximum Gasteiger partial charge on any atom is 0.162 e. The van der Waals surface area contributed by atoms with Gasteiger partial charge in [0, 0.05) is 18.2 Å². The molecule has 2 N–H and O–H groups in total. The smallest absolute Gasteiger partial charge is 0.162 e. The predicted octanol–water partition coefficient (Wildman–Crippen LogP) is 2.36. The number of likely N-dealkylation sites (tertiary alicyclic amines) is 1. The van der Waals surface area contributed by atoms with Gasteiger partial charge in [0.25, 0.3) is 0 Å². The molecule has 0 aromatic heterocycles. The van der Waals surface area contributed by atoms with E-state index in [-0.39, 0.29) is 0 Å². The first-order valence-electron chi connectivity index (χ1n) is 8.08. The average molecular weight is 290 g/mol. The molecule has 0 saturated carbocycles. The number of nitrogens with zero attached hydrogens (tertiary/aromatic N) is 1. The topological polar surface area (TPSA) is 44.7 Å². The van der Waals surface area contributed by atoms with Crippen molar-refractivity contribution in [2.45, 2.75) is 38.3 Å². The molecular weight excluding hydrogens is 264 g/mol. The second kappa shape index (κ2) is 6.67. The van der Waals surface area contributed by atoms with E-state index in [0.717, 1.165) is 37.2 Å². The largest absolute Gasteiger partial charge is 0.504 e. The first kappa shape index (κ1) is 14.7. The van der Waals surface area contributed by atoms with Crippen molar-refractivity contribution in [2.24, 2.45) is 5.92 Å². The number of methoxy groups -OCH3 is 1. The lowest BCUT2D eigenvalue weighted by Gasteiger charge is -2.35. The Morgan fingerprint density at radius 2 is 2.10 bits per heavy atom. The number of aromatic hydroxyl groups is 1. The third-order valence-corrected chi connectivity index (χ3v) is 5.00. The number of phenolic OH excluding ortho intramolecular Hbond substituents is 1. The van der Waals surface area contributed by atoms with Gasteiger partial charge in [0.05, 0.1) is 7.11 Å². The first-order chi connectivity index (χ1) is 10.3. The van der Waals surface area contributed by atoms with E-state index in [1.807, 2.05) is 12.1 Å². The molecule has 3 rings (SSSR count). The van der Waals surface area contributed by atoms with Crippen molar-refractivity contribution in [3.63, 3.8) is 0 Å². The molecule has 4 heteroatoms. The van der Waals surface area contributed by atoms with Crippen LogP contribution in [0.2, 0.25) is 0 Å². The molecule has 2 saturated heterocycles. The zero-order valence-corrected chi connectivity index (χ0v) is 12.8. The Hall–Kier alpha value is -1.26. The Balaban J connectivity index is 1.55. The van der Waals surface area contributed by atoms with E-state index in [1.165, 1.54) is 32.2 Å². The fraction of sp³-hybridized carbons (Fsp3) is 0.647. The van der Waals surface area contributed by atoms with Gasteiger partial charge in [0.1, 0.15) is 0 Å². The molecule has 0 amide bonds. The molecule has 21 heavy (non-hydrogen) atoms. The molecule has 2 fully saturated rings. The zero-order valence-electron chi connectivity index (χ0n) is 12.8. The minimum absolute atomic E-state index is 0.291. The second-order valence-electron chi connectivity index (χ2n) is 6.28. The minimum Gasteiger partial charge on any atom is -0.504 e. The molecule has 0 spiro atoms. The summed E-state index contributed by atoms with van der Waals surface area (Å²) in [5, 5.41) is 13.8. The van der Waals surface area contributed by atoms with Crippen molar-refractivity contribution in [3.8, 4) is 11.5 Å². The van der Waals surface area contributed by atoms with Gasteiger partial charge in [0.15, 0.2) is 11.5 Å². The van der Waals surface area contributed by atoms with Crippen molar-refractivity contribution in [1.82, 2.24) is 10.2 Å². The van der Waals surface area contributed by atoms with Crippen LogP contribution in [-0.4, -0.2) is 42.8 Å². The summed E-state index contributed by atoms with van der Waals surface area (Å²) in [6, 6.07) is 6.49. The summed E-state index contributed by atoms with van der Waals surface area (Å²) in [6.45, 7) is 4.26. The summed E-state index contributed by atoms with van der Waals surface area (Å²) >= 11 is 0. The second-order valence-corrected chi connectivity index (χ2v) is 6.28. The summed E-state index contributed by atoms with van der Waals surface area (Å²) in [5.41, 5.74) is 0.965. The molecule has 1 unspecified atom stereocenters. The van der Waals surface area contributed by atoms with E-state index in [4.69, 9.17) is 4.74 Å². The number of rotatable bonds is 4. The molecule has 0 aliphatic carbocycles. The molecule has 2 heterocycles. The molecule has 0 radical (unpaired) electrons. The first-order valence-corrected chi connectivity index (χ1v) is 8.08. The van der Waals surface area contributed by atoms with Crippen molar-refractivity contribution in [3.05, 3.63) is 23.8 Å². The Kier molecular flexibility index (Phi) is 4.66. The lowest BCUT2D eigenvalue weighted by atomic mass is 9.88. The summed E-state index contributed by atoms with van der Waals surface area (Å²) in [4.78, 5) is 2.44. The van der Waals surface area contributed by atoms with Crippen LogP contribution in [0.15, 0.2) is 18.2 Å². The highest BCUT2D eigenvalue weighted by Crippen LogP contribution is 2.32. The van der Waals surface area contributed by atoms with Gasteiger partial charge in [-0.05, 0) is 57.3 Å². The number of nitrogens with one attached hydrogen (secondary N) is 1. The Morgan fingerprint density at radius 1 is 1.29 bits per heavy atom. The lowest BCUT2D eigenvalue weighted by molar-refractivity contribution is 0.156. The Morgan fingerprint density at radius 3 is 2.76 bits per heavy atom. The monoisotopic (exact) mass is 290 g/mol. The van der Waals surface area contributed by atoms with E-state index in [1.54, 1.807) is 13.2 Å². The highest BCUT2D eigenvalue weighted by Gasteiger charge is 2.28. The molecule has 2 aliphatic heterocycles. The van der Waals surface area contributed by atoms with Gasteiger partial charge >= 0.3 is 0 Å². The van der Waals surface area contributed by atoms with E-state index < -0.39 is 0 Å². The van der Waals surface area contributed by atoms with Crippen molar-refractivity contribution in [1.29, 1.82) is 0 Å². The average Bonchev–Trinajstić information content (AvgIpc) is 3.04. The number of piperidine rings is 1. The third-order valence-electron chi connectivity index (χ3n) is 5.00. The van der Waals surface area contributed by atoms with Gasteiger partial charge < -0.3 is 15.2 Å². The molecule has 1 aromatic carbocycles. The molecule has 116 valence electrons. The third kappa shape index (κ3) is 3.33. The Bertz CT molecular complexity index is 464. The van der Waals surface area contributed by atoms with Gasteiger partial charge in [-0.15, -0.1) is 0 Å². The molecule has 2 aliphatic rings.